The summed E-state index contributed by atoms with van der Waals surface area (Å²) in [5.74, 6) is 0. The number of nitrogen functional groups attached to an aromatic ring is 1. The van der Waals surface area contributed by atoms with Gasteiger partial charge >= 0.3 is 0 Å². The minimum Gasteiger partial charge on any atom is -0.399 e. The predicted octanol–water partition coefficient (Wildman–Crippen LogP) is 1.69. The van der Waals surface area contributed by atoms with Gasteiger partial charge in [0.1, 0.15) is 0 Å². The van der Waals surface area contributed by atoms with Crippen LogP contribution in [0.3, 0.4) is 0 Å². The van der Waals surface area contributed by atoms with Crippen molar-refractivity contribution in [1.82, 2.24) is 5.32 Å². The average molecular weight is 208 g/mol. The highest BCUT2D eigenvalue weighted by Gasteiger charge is 2.13. The Bertz CT molecular complexity index is 318. The van der Waals surface area contributed by atoms with Crippen molar-refractivity contribution in [3.8, 4) is 0 Å². The first kappa shape index (κ1) is 12.0. The van der Waals surface area contributed by atoms with Crippen molar-refractivity contribution in [1.29, 1.82) is 0 Å². The van der Waals surface area contributed by atoms with Crippen molar-refractivity contribution in [3.63, 3.8) is 0 Å². The number of benzene rings is 1. The number of nitrogens with two attached hydrogens (primary N) is 1. The van der Waals surface area contributed by atoms with E-state index in [1.165, 1.54) is 0 Å². The summed E-state index contributed by atoms with van der Waals surface area (Å²) in [6.07, 6.45) is -0.507. The Labute approximate surface area is 91.3 Å². The van der Waals surface area contributed by atoms with Gasteiger partial charge in [-0.05, 0) is 38.5 Å². The van der Waals surface area contributed by atoms with Gasteiger partial charge in [0.05, 0.1) is 6.10 Å². The van der Waals surface area contributed by atoms with Gasteiger partial charge in [0.25, 0.3) is 0 Å². The molecule has 3 nitrogen and oxygen atoms in total. The molecule has 0 aliphatic heterocycles. The third-order valence-electron chi connectivity index (χ3n) is 2.12. The van der Waals surface area contributed by atoms with Crippen molar-refractivity contribution in [3.05, 3.63) is 29.8 Å². The van der Waals surface area contributed by atoms with E-state index in [9.17, 15) is 5.11 Å². The van der Waals surface area contributed by atoms with Gasteiger partial charge in [0.2, 0.25) is 0 Å². The topological polar surface area (TPSA) is 58.3 Å². The lowest BCUT2D eigenvalue weighted by Crippen LogP contribution is -2.38. The zero-order chi connectivity index (χ0) is 11.5. The molecule has 1 aromatic carbocycles. The number of aliphatic hydroxyl groups excluding tert-OH is 1. The molecule has 4 N–H and O–H groups in total. The highest BCUT2D eigenvalue weighted by Crippen LogP contribution is 2.15. The van der Waals surface area contributed by atoms with Crippen LogP contribution < -0.4 is 11.1 Å². The van der Waals surface area contributed by atoms with Crippen molar-refractivity contribution >= 4 is 5.69 Å². The number of anilines is 1. The van der Waals surface area contributed by atoms with Gasteiger partial charge in [0.15, 0.2) is 0 Å². The van der Waals surface area contributed by atoms with Gasteiger partial charge < -0.3 is 16.2 Å². The fourth-order valence-electron chi connectivity index (χ4n) is 1.29. The lowest BCUT2D eigenvalue weighted by Gasteiger charge is -2.23. The van der Waals surface area contributed by atoms with Crippen LogP contribution in [0, 0.1) is 0 Å². The summed E-state index contributed by atoms with van der Waals surface area (Å²) in [6, 6.07) is 7.35. The summed E-state index contributed by atoms with van der Waals surface area (Å²) < 4.78 is 0. The lowest BCUT2D eigenvalue weighted by molar-refractivity contribution is 0.163. The van der Waals surface area contributed by atoms with Crippen LogP contribution in [-0.2, 0) is 0 Å². The SMILES string of the molecule is CC(C)(C)NCC(O)c1cccc(N)c1. The molecule has 0 fully saturated rings. The Kier molecular flexibility index (Phi) is 3.72. The molecule has 0 bridgehead atoms. The van der Waals surface area contributed by atoms with E-state index in [-0.39, 0.29) is 5.54 Å². The summed E-state index contributed by atoms with van der Waals surface area (Å²) >= 11 is 0. The molecule has 0 heterocycles. The van der Waals surface area contributed by atoms with Crippen molar-refractivity contribution < 1.29 is 5.11 Å². The molecule has 1 rings (SSSR count). The monoisotopic (exact) mass is 208 g/mol. The van der Waals surface area contributed by atoms with Crippen LogP contribution in [-0.4, -0.2) is 17.2 Å². The Morgan fingerprint density at radius 3 is 2.60 bits per heavy atom. The van der Waals surface area contributed by atoms with E-state index in [0.29, 0.717) is 12.2 Å². The maximum atomic E-state index is 9.89. The van der Waals surface area contributed by atoms with E-state index in [1.807, 2.05) is 18.2 Å². The molecule has 84 valence electrons. The van der Waals surface area contributed by atoms with Gasteiger partial charge in [0, 0.05) is 17.8 Å². The largest absolute Gasteiger partial charge is 0.399 e. The number of nitrogens with one attached hydrogen (secondary N) is 1. The van der Waals surface area contributed by atoms with Gasteiger partial charge in [-0.25, -0.2) is 0 Å². The van der Waals surface area contributed by atoms with Crippen LogP contribution in [0.25, 0.3) is 0 Å². The molecule has 1 unspecified atom stereocenters. The first-order valence-electron chi connectivity index (χ1n) is 5.17. The molecule has 0 aliphatic rings. The van der Waals surface area contributed by atoms with Gasteiger partial charge in [-0.1, -0.05) is 12.1 Å². The molecule has 0 spiro atoms. The molecule has 0 saturated heterocycles. The molecular weight excluding hydrogens is 188 g/mol. The molecule has 0 radical (unpaired) electrons. The number of hydrogen-bond acceptors (Lipinski definition) is 3. The highest BCUT2D eigenvalue weighted by molar-refractivity contribution is 5.41. The van der Waals surface area contributed by atoms with Crippen LogP contribution in [0.5, 0.6) is 0 Å². The van der Waals surface area contributed by atoms with Crippen LogP contribution in [0.1, 0.15) is 32.4 Å². The number of hydrogen-bond donors (Lipinski definition) is 3. The maximum absolute atomic E-state index is 9.89. The Balaban J connectivity index is 2.58. The lowest BCUT2D eigenvalue weighted by atomic mass is 10.1. The van der Waals surface area contributed by atoms with E-state index in [2.05, 4.69) is 26.1 Å². The third kappa shape index (κ3) is 4.32. The Morgan fingerprint density at radius 2 is 2.07 bits per heavy atom. The Morgan fingerprint density at radius 1 is 1.40 bits per heavy atom. The minimum absolute atomic E-state index is 0.0152. The molecule has 1 aromatic rings. The zero-order valence-electron chi connectivity index (χ0n) is 9.62. The van der Waals surface area contributed by atoms with Crippen molar-refractivity contribution in [2.45, 2.75) is 32.4 Å². The van der Waals surface area contributed by atoms with E-state index in [4.69, 9.17) is 5.73 Å². The second-order valence-corrected chi connectivity index (χ2v) is 4.82. The van der Waals surface area contributed by atoms with Gasteiger partial charge in [-0.15, -0.1) is 0 Å². The van der Waals surface area contributed by atoms with Crippen LogP contribution in [0.15, 0.2) is 24.3 Å². The second-order valence-electron chi connectivity index (χ2n) is 4.82. The first-order valence-corrected chi connectivity index (χ1v) is 5.17. The van der Waals surface area contributed by atoms with Gasteiger partial charge in [-0.3, -0.25) is 0 Å². The number of β-amino-alcohol motifs (C(OH)–C–C–N with tert-alkyl or cyclic N) is 1. The molecule has 15 heavy (non-hydrogen) atoms. The molecule has 3 heteroatoms. The zero-order valence-corrected chi connectivity index (χ0v) is 9.62. The minimum atomic E-state index is -0.507. The molecule has 0 aromatic heterocycles. The molecule has 1 atom stereocenters. The quantitative estimate of drug-likeness (QED) is 0.662. The van der Waals surface area contributed by atoms with E-state index in [0.717, 1.165) is 5.56 Å². The summed E-state index contributed by atoms with van der Waals surface area (Å²) in [5.41, 5.74) is 7.20. The number of rotatable bonds is 3. The smallest absolute Gasteiger partial charge is 0.0915 e. The van der Waals surface area contributed by atoms with E-state index in [1.54, 1.807) is 6.07 Å². The summed E-state index contributed by atoms with van der Waals surface area (Å²) in [4.78, 5) is 0. The summed E-state index contributed by atoms with van der Waals surface area (Å²) in [7, 11) is 0. The maximum Gasteiger partial charge on any atom is 0.0915 e. The summed E-state index contributed by atoms with van der Waals surface area (Å²) in [6.45, 7) is 6.74. The normalized spacial score (nSPS) is 13.9. The van der Waals surface area contributed by atoms with Crippen molar-refractivity contribution in [2.24, 2.45) is 0 Å². The fourth-order valence-corrected chi connectivity index (χ4v) is 1.29. The molecular formula is C12H20N2O. The van der Waals surface area contributed by atoms with Crippen LogP contribution in [0.4, 0.5) is 5.69 Å². The van der Waals surface area contributed by atoms with E-state index < -0.39 is 6.10 Å². The Hall–Kier alpha value is -1.06. The second kappa shape index (κ2) is 4.64. The first-order chi connectivity index (χ1) is 6.88. The molecule has 0 saturated carbocycles. The van der Waals surface area contributed by atoms with Crippen LogP contribution in [0.2, 0.25) is 0 Å². The standard InChI is InChI=1S/C12H20N2O/c1-12(2,3)14-8-11(15)9-5-4-6-10(13)7-9/h4-7,11,14-15H,8,13H2,1-3H3. The fraction of sp³-hybridized carbons (Fsp3) is 0.500. The van der Waals surface area contributed by atoms with Crippen LogP contribution >= 0.6 is 0 Å². The highest BCUT2D eigenvalue weighted by atomic mass is 16.3. The van der Waals surface area contributed by atoms with E-state index >= 15 is 0 Å². The number of aliphatic hydroxyl groups is 1. The molecule has 0 aliphatic carbocycles. The third-order valence-corrected chi connectivity index (χ3v) is 2.12. The van der Waals surface area contributed by atoms with Gasteiger partial charge in [-0.2, -0.15) is 0 Å². The average Bonchev–Trinajstić information content (AvgIpc) is 2.13. The predicted molar refractivity (Wildman–Crippen MR) is 63.6 cm³/mol. The summed E-state index contributed by atoms with van der Waals surface area (Å²) in [5, 5.41) is 13.1. The van der Waals surface area contributed by atoms with Crippen molar-refractivity contribution in [2.75, 3.05) is 12.3 Å². The molecule has 0 amide bonds.